The predicted octanol–water partition coefficient (Wildman–Crippen LogP) is 20.0. The molecule has 4 amide bonds. The molecule has 12 N–H and O–H groups in total. The molecule has 0 rings (SSSR count). The summed E-state index contributed by atoms with van der Waals surface area (Å²) in [4.78, 5) is 82.9. The fraction of sp³-hybridized carbons (Fsp3) is 0.964. The summed E-state index contributed by atoms with van der Waals surface area (Å²) in [5.74, 6) is -0.300. The second kappa shape index (κ2) is 78.8. The van der Waals surface area contributed by atoms with Crippen LogP contribution in [-0.2, 0) is 37.2 Å². The van der Waals surface area contributed by atoms with E-state index in [2.05, 4.69) is 73.4 Å². The number of nitrogens with one attached hydrogen (secondary N) is 6. The molecule has 0 spiro atoms. The van der Waals surface area contributed by atoms with Crippen molar-refractivity contribution in [1.82, 2.24) is 31.9 Å². The Morgan fingerprint density at radius 1 is 0.302 bits per heavy atom. The lowest BCUT2D eigenvalue weighted by Gasteiger charge is -2.23. The lowest BCUT2D eigenvalue weighted by molar-refractivity contribution is -0.143. The summed E-state index contributed by atoms with van der Waals surface area (Å²) >= 11 is 0. The molecular formula is C83H172N6O15P2+2. The van der Waals surface area contributed by atoms with E-state index in [-0.39, 0.29) is 76.6 Å². The highest BCUT2D eigenvalue weighted by Crippen LogP contribution is 2.53. The van der Waals surface area contributed by atoms with Crippen LogP contribution < -0.4 is 31.9 Å². The summed E-state index contributed by atoms with van der Waals surface area (Å²) in [6.07, 6.45) is 61.7. The minimum atomic E-state index is -4.40. The zero-order chi connectivity index (χ0) is 77.8. The maximum Gasteiger partial charge on any atom is 0.570 e. The lowest BCUT2D eigenvalue weighted by atomic mass is 10.1. The molecule has 632 valence electrons. The van der Waals surface area contributed by atoms with Gasteiger partial charge in [0.1, 0.15) is 26.4 Å². The van der Waals surface area contributed by atoms with Gasteiger partial charge in [-0.05, 0) is 77.3 Å². The van der Waals surface area contributed by atoms with Crippen LogP contribution in [-0.4, -0.2) is 150 Å². The van der Waals surface area contributed by atoms with Crippen LogP contribution in [0.1, 0.15) is 414 Å². The topological polar surface area (TPSA) is 300 Å². The van der Waals surface area contributed by atoms with Crippen molar-refractivity contribution in [2.24, 2.45) is 0 Å². The maximum atomic E-state index is 13.3. The quantitative estimate of drug-likeness (QED) is 0.0153. The van der Waals surface area contributed by atoms with Crippen molar-refractivity contribution < 1.29 is 71.7 Å². The van der Waals surface area contributed by atoms with Crippen LogP contribution in [0.5, 0.6) is 0 Å². The Kier molecular flexibility index (Phi) is 77.7. The molecule has 0 fully saturated rings. The predicted molar refractivity (Wildman–Crippen MR) is 441 cm³/mol. The maximum absolute atomic E-state index is 13.3. The Balaban J connectivity index is 5.55. The smallest absolute Gasteiger partial charge is 0.368 e. The van der Waals surface area contributed by atoms with Gasteiger partial charge in [-0.1, -0.05) is 337 Å². The van der Waals surface area contributed by atoms with Crippen LogP contribution in [0.25, 0.3) is 0 Å². The molecule has 4 unspecified atom stereocenters. The summed E-state index contributed by atoms with van der Waals surface area (Å²) in [6, 6.07) is -1.90. The summed E-state index contributed by atoms with van der Waals surface area (Å²) < 4.78 is 34.3. The fourth-order valence-electron chi connectivity index (χ4n) is 13.4. The van der Waals surface area contributed by atoms with Crippen molar-refractivity contribution >= 4 is 34.2 Å². The summed E-state index contributed by atoms with van der Waals surface area (Å²) in [6.45, 7) is 13.6. The minimum Gasteiger partial charge on any atom is -0.368 e. The Labute approximate surface area is 651 Å². The number of carbonyl (C=O) groups excluding carboxylic acids is 3. The molecule has 0 aromatic carbocycles. The molecule has 0 saturated heterocycles. The second-order valence-corrected chi connectivity index (χ2v) is 33.6. The third-order valence-corrected chi connectivity index (χ3v) is 22.1. The number of aliphatic hydroxyl groups is 2. The minimum absolute atomic E-state index is 0.135. The van der Waals surface area contributed by atoms with E-state index in [0.717, 1.165) is 128 Å². The molecule has 23 heteroatoms. The summed E-state index contributed by atoms with van der Waals surface area (Å²) in [5.41, 5.74) is 0. The molecule has 0 aromatic heterocycles. The van der Waals surface area contributed by atoms with Gasteiger partial charge in [-0.2, -0.15) is 37.7 Å². The van der Waals surface area contributed by atoms with Gasteiger partial charge in [0.2, 0.25) is 11.8 Å². The summed E-state index contributed by atoms with van der Waals surface area (Å²) in [5, 5.41) is 40.0. The number of urea groups is 1. The zero-order valence-electron chi connectivity index (χ0n) is 69.3. The third-order valence-electron chi connectivity index (χ3n) is 20.1. The van der Waals surface area contributed by atoms with Gasteiger partial charge < -0.3 is 51.6 Å². The van der Waals surface area contributed by atoms with Crippen LogP contribution in [0.4, 0.5) is 4.79 Å². The lowest BCUT2D eigenvalue weighted by Crippen LogP contribution is -2.45. The monoisotopic (exact) mass is 1560 g/mol. The molecule has 0 bridgehead atoms. The molecule has 0 aliphatic heterocycles. The average molecular weight is 1560 g/mol. The Hall–Kier alpha value is -1.49. The van der Waals surface area contributed by atoms with Crippen molar-refractivity contribution in [1.29, 1.82) is 0 Å². The standard InChI is InChI=1S/C83H170N6O15P2/c1-7-13-19-25-29-33-35-39-41-47-53-59-79(90)88-75(71-84-65-63-77(57-51-45-23-17-11-5)103-81(92)61-55-49-43-37-31-27-21-15-9-3)73-101-105(95,96)99-69-67-86-83(94)87-68-70-100-106(97,98)102-74-76(89-80(91)60-54-48-42-40-36-34-30-26-20-14-8-2)72-85-66-64-78(58-52-46-24-18-12-6)104-82(93)62-56-50-44-38-32-28-22-16-10-4/h75-78,81-82,84-85,92-93,95-98H,7-74H2,1-6H3,(H2-2,86,87,88,89,90,91,94)/p+2/t75?,76?,77-,78-,81?,82?/m1/s1. The van der Waals surface area contributed by atoms with Crippen LogP contribution in [0.2, 0.25) is 0 Å². The van der Waals surface area contributed by atoms with Crippen LogP contribution >= 0.6 is 16.3 Å². The van der Waals surface area contributed by atoms with E-state index in [1.165, 1.54) is 205 Å². The zero-order valence-corrected chi connectivity index (χ0v) is 71.1. The van der Waals surface area contributed by atoms with Gasteiger partial charge in [0.25, 0.3) is 0 Å². The van der Waals surface area contributed by atoms with Crippen molar-refractivity contribution in [2.75, 3.05) is 65.7 Å². The second-order valence-electron chi connectivity index (χ2n) is 30.6. The molecule has 21 nitrogen and oxygen atoms in total. The van der Waals surface area contributed by atoms with Crippen LogP contribution in [0.3, 0.4) is 0 Å². The van der Waals surface area contributed by atoms with E-state index < -0.39 is 47.0 Å². The number of rotatable bonds is 86. The number of aliphatic hydroxyl groups excluding tert-OH is 2. The Morgan fingerprint density at radius 2 is 0.547 bits per heavy atom. The first-order valence-corrected chi connectivity index (χ1v) is 47.5. The van der Waals surface area contributed by atoms with Crippen LogP contribution in [0, 0.1) is 0 Å². The molecule has 106 heavy (non-hydrogen) atoms. The van der Waals surface area contributed by atoms with E-state index >= 15 is 0 Å². The van der Waals surface area contributed by atoms with Gasteiger partial charge in [0.05, 0.1) is 24.3 Å². The first-order valence-electron chi connectivity index (χ1n) is 44.5. The number of carbonyl (C=O) groups is 3. The van der Waals surface area contributed by atoms with Gasteiger partial charge in [0, 0.05) is 39.0 Å². The molecule has 6 atom stereocenters. The van der Waals surface area contributed by atoms with Gasteiger partial charge in [-0.3, -0.25) is 9.59 Å². The van der Waals surface area contributed by atoms with Crippen molar-refractivity contribution in [3.8, 4) is 0 Å². The average Bonchev–Trinajstić information content (AvgIpc) is 0.919. The molecule has 0 heterocycles. The Bertz CT molecular complexity index is 1750. The number of ether oxygens (including phenoxy) is 2. The van der Waals surface area contributed by atoms with Gasteiger partial charge in [-0.15, -0.1) is 0 Å². The largest absolute Gasteiger partial charge is 0.570 e. The van der Waals surface area contributed by atoms with Gasteiger partial charge >= 0.3 is 22.4 Å². The fourth-order valence-corrected chi connectivity index (χ4v) is 15.0. The summed E-state index contributed by atoms with van der Waals surface area (Å²) in [7, 11) is -8.80. The normalized spacial score (nSPS) is 13.8. The van der Waals surface area contributed by atoms with E-state index in [4.69, 9.17) is 27.6 Å². The number of amides is 4. The van der Waals surface area contributed by atoms with Crippen LogP contribution in [0.15, 0.2) is 0 Å². The van der Waals surface area contributed by atoms with Crippen molar-refractivity contribution in [3.63, 3.8) is 0 Å². The van der Waals surface area contributed by atoms with E-state index in [1.54, 1.807) is 0 Å². The number of unbranched alkanes of at least 4 members (excludes halogenated alkanes) is 44. The first kappa shape index (κ1) is 105. The molecule has 0 saturated carbocycles. The van der Waals surface area contributed by atoms with Gasteiger partial charge in [0.15, 0.2) is 12.6 Å². The molecule has 0 aliphatic rings. The number of hydrogen-bond acceptors (Lipinski definition) is 17. The highest BCUT2D eigenvalue weighted by atomic mass is 31.2. The highest BCUT2D eigenvalue weighted by molar-refractivity contribution is 7.54. The van der Waals surface area contributed by atoms with Crippen molar-refractivity contribution in [2.45, 2.75) is 451 Å². The van der Waals surface area contributed by atoms with Crippen molar-refractivity contribution in [3.05, 3.63) is 0 Å². The first-order chi connectivity index (χ1) is 51.5. The van der Waals surface area contributed by atoms with E-state index in [9.17, 15) is 44.2 Å². The van der Waals surface area contributed by atoms with Gasteiger partial charge in [-0.25, -0.2) is 4.79 Å². The molecule has 0 aliphatic carbocycles. The van der Waals surface area contributed by atoms with E-state index in [0.29, 0.717) is 51.6 Å². The van der Waals surface area contributed by atoms with E-state index in [1.807, 2.05) is 0 Å². The SMILES string of the molecule is CCCCCCCCCCCCCC(=O)NC(CNCC[C@@H](CCCCCCC)OC(O)CCCCCCCCCCC)CO[P+](O)(O)OCCNC(=O)NCCO[P+](O)(O)OCC(CNCC[C@@H](CCCCCCC)OC(O)CCCCCCCCCCC)NC(=O)CCCCCCCCCCCCC. The highest BCUT2D eigenvalue weighted by Gasteiger charge is 2.42. The number of hydrogen-bond donors (Lipinski definition) is 12. The third kappa shape index (κ3) is 75.2. The molecule has 0 aromatic rings. The Morgan fingerprint density at radius 3 is 0.821 bits per heavy atom. The molecule has 0 radical (unpaired) electrons. The molecular weight excluding hydrogens is 1380 g/mol.